The molecule has 0 heterocycles. The fourth-order valence-corrected chi connectivity index (χ4v) is 0. The molecule has 0 aliphatic heterocycles. The van der Waals surface area contributed by atoms with Crippen LogP contribution in [0.5, 0.6) is 0 Å². The summed E-state index contributed by atoms with van der Waals surface area (Å²) in [6, 6.07) is 0. The monoisotopic (exact) mass is 144 g/mol. The van der Waals surface area contributed by atoms with E-state index in [2.05, 4.69) is 10.7 Å². The first-order valence-electron chi connectivity index (χ1n) is 1.58. The van der Waals surface area contributed by atoms with Crippen molar-refractivity contribution in [2.75, 3.05) is 14.1 Å². The molecule has 0 aliphatic rings. The van der Waals surface area contributed by atoms with Crippen LogP contribution in [0.15, 0.2) is 0 Å². The van der Waals surface area contributed by atoms with E-state index < -0.39 is 9.24 Å². The zero-order valence-electron chi connectivity index (χ0n) is 4.08. The summed E-state index contributed by atoms with van der Waals surface area (Å²) in [5.41, 5.74) is 0. The standard InChI is InChI=1S/C2H7ClNO2S/c1-4(2)7(3,5)6/h3H,1-2H3/q+1. The Morgan fingerprint density at radius 3 is 1.57 bits per heavy atom. The van der Waals surface area contributed by atoms with E-state index in [-0.39, 0.29) is 0 Å². The van der Waals surface area contributed by atoms with Crippen LogP contribution in [0.3, 0.4) is 0 Å². The van der Waals surface area contributed by atoms with Crippen molar-refractivity contribution in [1.29, 1.82) is 0 Å². The van der Waals surface area contributed by atoms with Gasteiger partial charge in [0.25, 0.3) is 10.7 Å². The number of halogens is 1. The Kier molecular flexibility index (Phi) is 2.04. The summed E-state index contributed by atoms with van der Waals surface area (Å²) in [5, 5.41) is 0. The summed E-state index contributed by atoms with van der Waals surface area (Å²) >= 11 is 0. The number of nitrogens with zero attached hydrogens (tertiary/aromatic N) is 1. The first kappa shape index (κ1) is 7.20. The summed E-state index contributed by atoms with van der Waals surface area (Å²) in [7, 11) is 3.47. The smallest absolute Gasteiger partial charge is 0.158 e. The molecule has 0 rings (SSSR count). The SMILES string of the molecule is CN(C)S(=O)(=O)[ClH+]. The topological polar surface area (TPSA) is 37.4 Å². The van der Waals surface area contributed by atoms with Crippen molar-refractivity contribution in [3.8, 4) is 0 Å². The zero-order valence-corrected chi connectivity index (χ0v) is 5.71. The second kappa shape index (κ2) is 1.98. The maximum absolute atomic E-state index is 10.1. The molecular formula is C2H7ClNO2S+. The molecule has 0 bridgehead atoms. The second-order valence-corrected chi connectivity index (χ2v) is 4.09. The molecule has 0 saturated heterocycles. The maximum Gasteiger partial charge on any atom is 0.454 e. The molecular weight excluding hydrogens is 138 g/mol. The third-order valence-corrected chi connectivity index (χ3v) is 2.24. The van der Waals surface area contributed by atoms with Gasteiger partial charge < -0.3 is 0 Å². The van der Waals surface area contributed by atoms with E-state index in [1.54, 1.807) is 0 Å². The number of rotatable bonds is 1. The van der Waals surface area contributed by atoms with E-state index in [0.717, 1.165) is 4.31 Å². The molecule has 0 aliphatic carbocycles. The van der Waals surface area contributed by atoms with Gasteiger partial charge in [-0.15, -0.1) is 0 Å². The maximum atomic E-state index is 10.1. The fraction of sp³-hybridized carbons (Fsp3) is 1.00. The first-order valence-corrected chi connectivity index (χ1v) is 3.94. The van der Waals surface area contributed by atoms with Gasteiger partial charge in [0.05, 0.1) is 0 Å². The van der Waals surface area contributed by atoms with Gasteiger partial charge >= 0.3 is 9.24 Å². The van der Waals surface area contributed by atoms with Gasteiger partial charge in [0.2, 0.25) is 0 Å². The highest BCUT2D eigenvalue weighted by atomic mass is 35.7. The molecule has 0 radical (unpaired) electrons. The molecule has 0 atom stereocenters. The van der Waals surface area contributed by atoms with Gasteiger partial charge in [-0.1, -0.05) is 0 Å². The van der Waals surface area contributed by atoms with Crippen LogP contribution >= 0.6 is 0 Å². The van der Waals surface area contributed by atoms with E-state index in [1.165, 1.54) is 14.1 Å². The van der Waals surface area contributed by atoms with Crippen molar-refractivity contribution in [2.45, 2.75) is 0 Å². The Balaban J connectivity index is 4.10. The predicted octanol–water partition coefficient (Wildman–Crippen LogP) is -0.926. The Hall–Kier alpha value is 0.200. The summed E-state index contributed by atoms with van der Waals surface area (Å²) in [5.74, 6) is 0. The minimum absolute atomic E-state index is 0.975. The van der Waals surface area contributed by atoms with Crippen molar-refractivity contribution >= 4 is 9.24 Å². The number of hydrogen-bond donors (Lipinski definition) is 0. The van der Waals surface area contributed by atoms with Crippen molar-refractivity contribution in [3.05, 3.63) is 0 Å². The molecule has 0 spiro atoms. The lowest BCUT2D eigenvalue weighted by Gasteiger charge is -1.93. The van der Waals surface area contributed by atoms with E-state index in [0.29, 0.717) is 0 Å². The molecule has 0 N–H and O–H groups in total. The molecule has 0 amide bonds. The van der Waals surface area contributed by atoms with Crippen LogP contribution in [-0.2, 0) is 9.24 Å². The zero-order chi connectivity index (χ0) is 6.08. The fourth-order valence-electron chi connectivity index (χ4n) is 0. The highest BCUT2D eigenvalue weighted by molar-refractivity contribution is 7.81. The van der Waals surface area contributed by atoms with Crippen LogP contribution in [0.1, 0.15) is 0 Å². The van der Waals surface area contributed by atoms with E-state index in [4.69, 9.17) is 0 Å². The van der Waals surface area contributed by atoms with Crippen LogP contribution < -0.4 is 0 Å². The van der Waals surface area contributed by atoms with E-state index in [1.807, 2.05) is 0 Å². The summed E-state index contributed by atoms with van der Waals surface area (Å²) in [6.07, 6.45) is 0. The Morgan fingerprint density at radius 2 is 1.57 bits per heavy atom. The van der Waals surface area contributed by atoms with Crippen LogP contribution in [-0.4, -0.2) is 26.8 Å². The van der Waals surface area contributed by atoms with Crippen molar-refractivity contribution in [2.24, 2.45) is 0 Å². The summed E-state index contributed by atoms with van der Waals surface area (Å²) in [6.45, 7) is 0. The van der Waals surface area contributed by atoms with Crippen molar-refractivity contribution in [1.82, 2.24) is 4.31 Å². The largest absolute Gasteiger partial charge is 0.454 e. The quantitative estimate of drug-likeness (QED) is 0.446. The Bertz CT molecular complexity index is 138. The van der Waals surface area contributed by atoms with Gasteiger partial charge in [-0.3, -0.25) is 0 Å². The Morgan fingerprint density at radius 1 is 1.43 bits per heavy atom. The van der Waals surface area contributed by atoms with Crippen LogP contribution in [0.4, 0.5) is 0 Å². The predicted molar refractivity (Wildman–Crippen MR) is 24.0 cm³/mol. The third-order valence-electron chi connectivity index (χ3n) is 0.447. The molecule has 3 nitrogen and oxygen atoms in total. The lowest BCUT2D eigenvalue weighted by molar-refractivity contribution is -0.174. The molecule has 0 aromatic heterocycles. The van der Waals surface area contributed by atoms with Crippen LogP contribution in [0, 0.1) is 10.7 Å². The van der Waals surface area contributed by atoms with Gasteiger partial charge in [0.1, 0.15) is 0 Å². The Labute approximate surface area is 47.4 Å². The molecule has 7 heavy (non-hydrogen) atoms. The molecule has 44 valence electrons. The van der Waals surface area contributed by atoms with Gasteiger partial charge in [0, 0.05) is 14.1 Å². The molecule has 0 unspecified atom stereocenters. The lowest BCUT2D eigenvalue weighted by Crippen LogP contribution is -2.18. The second-order valence-electron chi connectivity index (χ2n) is 1.24. The average molecular weight is 145 g/mol. The molecule has 0 aromatic rings. The molecule has 5 heteroatoms. The number of hydrogen-bond acceptors (Lipinski definition) is 2. The lowest BCUT2D eigenvalue weighted by atomic mass is 11.3. The summed E-state index contributed by atoms with van der Waals surface area (Å²) < 4.78 is 21.1. The highest BCUT2D eigenvalue weighted by Crippen LogP contribution is 1.85. The first-order chi connectivity index (χ1) is 2.94. The van der Waals surface area contributed by atoms with Gasteiger partial charge in [-0.05, 0) is 0 Å². The molecule has 0 fully saturated rings. The van der Waals surface area contributed by atoms with E-state index in [9.17, 15) is 8.42 Å². The normalized spacial score (nSPS) is 12.6. The summed E-state index contributed by atoms with van der Waals surface area (Å²) in [4.78, 5) is 0. The molecule has 0 saturated carbocycles. The van der Waals surface area contributed by atoms with Crippen molar-refractivity contribution < 1.29 is 19.1 Å². The average Bonchev–Trinajstić information content (AvgIpc) is 1.31. The molecule has 0 aromatic carbocycles. The van der Waals surface area contributed by atoms with Crippen LogP contribution in [0.25, 0.3) is 0 Å². The highest BCUT2D eigenvalue weighted by Gasteiger charge is 2.15. The minimum Gasteiger partial charge on any atom is -0.158 e. The van der Waals surface area contributed by atoms with Gasteiger partial charge in [-0.2, -0.15) is 12.7 Å². The minimum atomic E-state index is -3.32. The van der Waals surface area contributed by atoms with Gasteiger partial charge in [-0.25, -0.2) is 0 Å². The van der Waals surface area contributed by atoms with E-state index >= 15 is 0 Å². The van der Waals surface area contributed by atoms with Gasteiger partial charge in [0.15, 0.2) is 0 Å². The van der Waals surface area contributed by atoms with Crippen LogP contribution in [0.2, 0.25) is 0 Å². The van der Waals surface area contributed by atoms with Crippen molar-refractivity contribution in [3.63, 3.8) is 0 Å². The third kappa shape index (κ3) is 2.85.